The summed E-state index contributed by atoms with van der Waals surface area (Å²) in [5.41, 5.74) is 0.391. The molecule has 26 heavy (non-hydrogen) atoms. The molecule has 1 aromatic carbocycles. The maximum Gasteiger partial charge on any atom is 0.243 e. The van der Waals surface area contributed by atoms with Gasteiger partial charge in [0.05, 0.1) is 4.90 Å². The average molecular weight is 386 g/mol. The molecule has 0 saturated carbocycles. The molecule has 146 valence electrons. The van der Waals surface area contributed by atoms with E-state index in [0.717, 1.165) is 25.7 Å². The zero-order valence-corrected chi connectivity index (χ0v) is 16.6. The van der Waals surface area contributed by atoms with Crippen molar-refractivity contribution in [3.63, 3.8) is 0 Å². The highest BCUT2D eigenvalue weighted by molar-refractivity contribution is 7.89. The first-order valence-corrected chi connectivity index (χ1v) is 10.5. The van der Waals surface area contributed by atoms with Crippen LogP contribution in [0.25, 0.3) is 0 Å². The SMILES string of the molecule is CCN(CC)CCC(=O)N1CCN(S(=O)(=O)c2ccc(F)cc2C)CC1. The lowest BCUT2D eigenvalue weighted by atomic mass is 10.2. The molecule has 1 amide bonds. The van der Waals surface area contributed by atoms with Gasteiger partial charge in [-0.1, -0.05) is 13.8 Å². The maximum absolute atomic E-state index is 13.2. The van der Waals surface area contributed by atoms with E-state index in [1.807, 2.05) is 0 Å². The Bertz CT molecular complexity index is 727. The van der Waals surface area contributed by atoms with Gasteiger partial charge in [0.25, 0.3) is 0 Å². The van der Waals surface area contributed by atoms with Gasteiger partial charge in [-0.2, -0.15) is 4.31 Å². The van der Waals surface area contributed by atoms with Crippen molar-refractivity contribution < 1.29 is 17.6 Å². The van der Waals surface area contributed by atoms with Crippen LogP contribution in [0.1, 0.15) is 25.8 Å². The van der Waals surface area contributed by atoms with Crippen molar-refractivity contribution in [2.45, 2.75) is 32.1 Å². The number of carbonyl (C=O) groups excluding carboxylic acids is 1. The Morgan fingerprint density at radius 2 is 1.77 bits per heavy atom. The van der Waals surface area contributed by atoms with Crippen molar-refractivity contribution in [2.24, 2.45) is 0 Å². The molecule has 0 spiro atoms. The molecular formula is C18H28FN3O3S. The van der Waals surface area contributed by atoms with Crippen molar-refractivity contribution >= 4 is 15.9 Å². The van der Waals surface area contributed by atoms with E-state index in [1.54, 1.807) is 11.8 Å². The predicted molar refractivity (Wildman–Crippen MR) is 98.9 cm³/mol. The first-order valence-electron chi connectivity index (χ1n) is 9.06. The topological polar surface area (TPSA) is 60.9 Å². The number of carbonyl (C=O) groups is 1. The van der Waals surface area contributed by atoms with Crippen LogP contribution in [0.3, 0.4) is 0 Å². The Morgan fingerprint density at radius 3 is 2.31 bits per heavy atom. The standard InChI is InChI=1S/C18H28FN3O3S/c1-4-20(5-2)9-8-18(23)21-10-12-22(13-11-21)26(24,25)17-7-6-16(19)14-15(17)3/h6-7,14H,4-5,8-13H2,1-3H3. The van der Waals surface area contributed by atoms with E-state index in [1.165, 1.54) is 16.4 Å². The van der Waals surface area contributed by atoms with Crippen LogP contribution < -0.4 is 0 Å². The highest BCUT2D eigenvalue weighted by atomic mass is 32.2. The van der Waals surface area contributed by atoms with Crippen molar-refractivity contribution in [3.05, 3.63) is 29.6 Å². The summed E-state index contributed by atoms with van der Waals surface area (Å²) in [6, 6.07) is 3.69. The van der Waals surface area contributed by atoms with Crippen LogP contribution in [0.5, 0.6) is 0 Å². The van der Waals surface area contributed by atoms with Crippen molar-refractivity contribution in [1.29, 1.82) is 0 Å². The molecule has 0 aromatic heterocycles. The minimum absolute atomic E-state index is 0.0620. The van der Waals surface area contributed by atoms with Crippen molar-refractivity contribution in [3.8, 4) is 0 Å². The molecule has 0 bridgehead atoms. The molecule has 1 aromatic rings. The number of hydrogen-bond acceptors (Lipinski definition) is 4. The van der Waals surface area contributed by atoms with Crippen LogP contribution in [-0.4, -0.2) is 74.2 Å². The lowest BCUT2D eigenvalue weighted by Crippen LogP contribution is -2.51. The predicted octanol–water partition coefficient (Wildman–Crippen LogP) is 1.70. The van der Waals surface area contributed by atoms with E-state index in [4.69, 9.17) is 0 Å². The lowest BCUT2D eigenvalue weighted by molar-refractivity contribution is -0.132. The first kappa shape index (κ1) is 20.8. The third-order valence-corrected chi connectivity index (χ3v) is 6.94. The third kappa shape index (κ3) is 4.81. The molecule has 1 fully saturated rings. The van der Waals surface area contributed by atoms with Crippen LogP contribution in [0.15, 0.2) is 23.1 Å². The van der Waals surface area contributed by atoms with E-state index >= 15 is 0 Å². The number of nitrogens with zero attached hydrogens (tertiary/aromatic N) is 3. The molecule has 0 aliphatic carbocycles. The summed E-state index contributed by atoms with van der Waals surface area (Å²) < 4.78 is 40.2. The number of hydrogen-bond donors (Lipinski definition) is 0. The van der Waals surface area contributed by atoms with Gasteiger partial charge in [0.2, 0.25) is 15.9 Å². The molecule has 1 aliphatic rings. The van der Waals surface area contributed by atoms with Crippen LogP contribution in [-0.2, 0) is 14.8 Å². The second-order valence-electron chi connectivity index (χ2n) is 6.47. The zero-order chi connectivity index (χ0) is 19.3. The normalized spacial score (nSPS) is 16.3. The second-order valence-corrected chi connectivity index (χ2v) is 8.38. The molecule has 1 heterocycles. The second kappa shape index (κ2) is 8.92. The molecule has 0 radical (unpaired) electrons. The van der Waals surface area contributed by atoms with Gasteiger partial charge in [-0.3, -0.25) is 4.79 Å². The van der Waals surface area contributed by atoms with Gasteiger partial charge in [0, 0.05) is 39.1 Å². The number of aryl methyl sites for hydroxylation is 1. The summed E-state index contributed by atoms with van der Waals surface area (Å²) in [6.45, 7) is 9.55. The molecule has 0 atom stereocenters. The van der Waals surface area contributed by atoms with Gasteiger partial charge >= 0.3 is 0 Å². The summed E-state index contributed by atoms with van der Waals surface area (Å²) in [6.07, 6.45) is 0.450. The Hall–Kier alpha value is -1.51. The van der Waals surface area contributed by atoms with Crippen LogP contribution in [0.2, 0.25) is 0 Å². The van der Waals surface area contributed by atoms with Gasteiger partial charge in [0.15, 0.2) is 0 Å². The van der Waals surface area contributed by atoms with E-state index in [-0.39, 0.29) is 23.9 Å². The van der Waals surface area contributed by atoms with Crippen molar-refractivity contribution in [1.82, 2.24) is 14.1 Å². The van der Waals surface area contributed by atoms with Gasteiger partial charge in [0.1, 0.15) is 5.82 Å². The Labute approximate surface area is 155 Å². The third-order valence-electron chi connectivity index (χ3n) is 4.88. The summed E-state index contributed by atoms with van der Waals surface area (Å²) >= 11 is 0. The minimum atomic E-state index is -3.67. The molecule has 6 nitrogen and oxygen atoms in total. The summed E-state index contributed by atoms with van der Waals surface area (Å²) in [7, 11) is -3.67. The van der Waals surface area contributed by atoms with Gasteiger partial charge < -0.3 is 9.80 Å². The van der Waals surface area contributed by atoms with E-state index in [9.17, 15) is 17.6 Å². The van der Waals surface area contributed by atoms with Crippen molar-refractivity contribution in [2.75, 3.05) is 45.8 Å². The van der Waals surface area contributed by atoms with Gasteiger partial charge in [-0.15, -0.1) is 0 Å². The molecule has 1 aliphatic heterocycles. The van der Waals surface area contributed by atoms with Crippen LogP contribution >= 0.6 is 0 Å². The Morgan fingerprint density at radius 1 is 1.15 bits per heavy atom. The molecular weight excluding hydrogens is 357 g/mol. The number of piperazine rings is 1. The summed E-state index contributed by atoms with van der Waals surface area (Å²) in [4.78, 5) is 16.4. The Kier molecular flexibility index (Phi) is 7.14. The number of benzene rings is 1. The number of halogens is 1. The van der Waals surface area contributed by atoms with E-state index in [0.29, 0.717) is 25.1 Å². The number of sulfonamides is 1. The molecule has 0 unspecified atom stereocenters. The average Bonchev–Trinajstić information content (AvgIpc) is 2.62. The highest BCUT2D eigenvalue weighted by Crippen LogP contribution is 2.22. The van der Waals surface area contributed by atoms with Gasteiger partial charge in [-0.05, 0) is 43.8 Å². The van der Waals surface area contributed by atoms with Crippen LogP contribution in [0.4, 0.5) is 4.39 Å². The molecule has 8 heteroatoms. The van der Waals surface area contributed by atoms with E-state index in [2.05, 4.69) is 18.7 Å². The highest BCUT2D eigenvalue weighted by Gasteiger charge is 2.31. The fourth-order valence-corrected chi connectivity index (χ4v) is 4.80. The molecule has 1 saturated heterocycles. The van der Waals surface area contributed by atoms with Gasteiger partial charge in [-0.25, -0.2) is 12.8 Å². The van der Waals surface area contributed by atoms with Crippen LogP contribution in [0, 0.1) is 12.7 Å². The largest absolute Gasteiger partial charge is 0.340 e. The summed E-state index contributed by atoms with van der Waals surface area (Å²) in [5.74, 6) is -0.392. The van der Waals surface area contributed by atoms with E-state index < -0.39 is 15.8 Å². The zero-order valence-electron chi connectivity index (χ0n) is 15.7. The first-order chi connectivity index (χ1) is 12.3. The lowest BCUT2D eigenvalue weighted by Gasteiger charge is -2.34. The summed E-state index contributed by atoms with van der Waals surface area (Å²) in [5, 5.41) is 0. The molecule has 0 N–H and O–H groups in total. The monoisotopic (exact) mass is 385 g/mol. The fraction of sp³-hybridized carbons (Fsp3) is 0.611. The maximum atomic E-state index is 13.2. The number of rotatable bonds is 7. The smallest absolute Gasteiger partial charge is 0.243 e. The quantitative estimate of drug-likeness (QED) is 0.717. The Balaban J connectivity index is 1.96. The number of amides is 1. The fourth-order valence-electron chi connectivity index (χ4n) is 3.17. The molecule has 2 rings (SSSR count). The minimum Gasteiger partial charge on any atom is -0.340 e.